The Morgan fingerprint density at radius 3 is 2.56 bits per heavy atom. The molecule has 0 saturated carbocycles. The molecule has 1 fully saturated rings. The molecule has 0 N–H and O–H groups in total. The second kappa shape index (κ2) is 7.68. The number of aromatic nitrogens is 4. The van der Waals surface area contributed by atoms with E-state index in [-0.39, 0.29) is 12.0 Å². The number of rotatable bonds is 4. The van der Waals surface area contributed by atoms with Gasteiger partial charge in [-0.1, -0.05) is 0 Å². The van der Waals surface area contributed by atoms with Crippen LogP contribution in [0.4, 0.5) is 4.79 Å². The number of piperazine rings is 1. The van der Waals surface area contributed by atoms with E-state index >= 15 is 0 Å². The maximum absolute atomic E-state index is 12.6. The molecule has 0 bridgehead atoms. The number of halogens is 1. The molecule has 1 aliphatic rings. The van der Waals surface area contributed by atoms with Gasteiger partial charge in [0.2, 0.25) is 0 Å². The molecule has 1 saturated heterocycles. The molecule has 9 nitrogen and oxygen atoms in total. The van der Waals surface area contributed by atoms with Crippen LogP contribution in [0.2, 0.25) is 0 Å². The van der Waals surface area contributed by atoms with Gasteiger partial charge in [-0.05, 0) is 28.9 Å². The second-order valence-corrected chi connectivity index (χ2v) is 6.47. The largest absolute Gasteiger partial charge is 0.450 e. The predicted molar refractivity (Wildman–Crippen MR) is 92.1 cm³/mol. The Morgan fingerprint density at radius 1 is 1.20 bits per heavy atom. The Balaban J connectivity index is 1.56. The molecule has 2 amide bonds. The van der Waals surface area contributed by atoms with E-state index in [1.54, 1.807) is 44.5 Å². The molecule has 3 rings (SSSR count). The number of carbonyl (C=O) groups is 2. The van der Waals surface area contributed by atoms with Crippen LogP contribution in [0.5, 0.6) is 0 Å². The zero-order valence-corrected chi connectivity index (χ0v) is 15.4. The normalized spacial score (nSPS) is 14.6. The maximum atomic E-state index is 12.6. The van der Waals surface area contributed by atoms with Crippen LogP contribution in [0.1, 0.15) is 17.4 Å². The lowest BCUT2D eigenvalue weighted by Crippen LogP contribution is -2.50. The Morgan fingerprint density at radius 2 is 1.92 bits per heavy atom. The SMILES string of the molecule is CCOC(=O)N1CCN(C(=O)c2ccn(Cn3cc(Br)cn3)n2)CC1. The summed E-state index contributed by atoms with van der Waals surface area (Å²) < 4.78 is 9.23. The molecular formula is C15H19BrN6O3. The molecule has 0 unspecified atom stereocenters. The minimum absolute atomic E-state index is 0.135. The summed E-state index contributed by atoms with van der Waals surface area (Å²) in [7, 11) is 0. The molecule has 0 radical (unpaired) electrons. The fourth-order valence-electron chi connectivity index (χ4n) is 2.59. The van der Waals surface area contributed by atoms with Gasteiger partial charge >= 0.3 is 6.09 Å². The van der Waals surface area contributed by atoms with Crippen molar-refractivity contribution in [1.82, 2.24) is 29.4 Å². The van der Waals surface area contributed by atoms with Gasteiger partial charge in [0.1, 0.15) is 12.4 Å². The lowest BCUT2D eigenvalue weighted by atomic mass is 10.3. The first-order chi connectivity index (χ1) is 12.1. The third-order valence-electron chi connectivity index (χ3n) is 3.84. The van der Waals surface area contributed by atoms with Crippen molar-refractivity contribution in [3.8, 4) is 0 Å². The van der Waals surface area contributed by atoms with Crippen LogP contribution in [-0.4, -0.2) is 74.1 Å². The van der Waals surface area contributed by atoms with E-state index in [1.807, 2.05) is 6.20 Å². The van der Waals surface area contributed by atoms with Crippen molar-refractivity contribution in [3.05, 3.63) is 34.8 Å². The van der Waals surface area contributed by atoms with E-state index in [2.05, 4.69) is 26.1 Å². The molecular weight excluding hydrogens is 392 g/mol. The number of ether oxygens (including phenoxy) is 1. The van der Waals surface area contributed by atoms with Gasteiger partial charge in [-0.2, -0.15) is 10.2 Å². The van der Waals surface area contributed by atoms with Gasteiger partial charge < -0.3 is 14.5 Å². The molecule has 0 atom stereocenters. The van der Waals surface area contributed by atoms with Crippen molar-refractivity contribution in [2.24, 2.45) is 0 Å². The van der Waals surface area contributed by atoms with Gasteiger partial charge in [-0.3, -0.25) is 9.48 Å². The highest BCUT2D eigenvalue weighted by Crippen LogP contribution is 2.10. The van der Waals surface area contributed by atoms with E-state index in [0.717, 1.165) is 4.47 Å². The van der Waals surface area contributed by atoms with Crippen LogP contribution in [0, 0.1) is 0 Å². The number of hydrogen-bond donors (Lipinski definition) is 0. The van der Waals surface area contributed by atoms with Crippen LogP contribution in [0.25, 0.3) is 0 Å². The molecule has 0 aliphatic carbocycles. The smallest absolute Gasteiger partial charge is 0.409 e. The predicted octanol–water partition coefficient (Wildman–Crippen LogP) is 1.26. The van der Waals surface area contributed by atoms with Crippen molar-refractivity contribution in [2.75, 3.05) is 32.8 Å². The summed E-state index contributed by atoms with van der Waals surface area (Å²) in [4.78, 5) is 27.6. The first-order valence-electron chi connectivity index (χ1n) is 7.99. The summed E-state index contributed by atoms with van der Waals surface area (Å²) in [5, 5.41) is 8.48. The van der Waals surface area contributed by atoms with Crippen LogP contribution in [0.15, 0.2) is 29.1 Å². The van der Waals surface area contributed by atoms with Crippen LogP contribution in [-0.2, 0) is 11.4 Å². The Hall–Kier alpha value is -2.36. The van der Waals surface area contributed by atoms with Crippen LogP contribution >= 0.6 is 15.9 Å². The fraction of sp³-hybridized carbons (Fsp3) is 0.467. The standard InChI is InChI=1S/C15H19BrN6O3/c1-2-25-15(24)20-7-5-19(6-8-20)14(23)13-3-4-21(18-13)11-22-10-12(16)9-17-22/h3-4,9-10H,2,5-8,11H2,1H3. The third-order valence-corrected chi connectivity index (χ3v) is 4.25. The minimum Gasteiger partial charge on any atom is -0.450 e. The summed E-state index contributed by atoms with van der Waals surface area (Å²) in [6.45, 7) is 4.42. The van der Waals surface area contributed by atoms with E-state index in [4.69, 9.17) is 4.74 Å². The zero-order valence-electron chi connectivity index (χ0n) is 13.8. The highest BCUT2D eigenvalue weighted by atomic mass is 79.9. The summed E-state index contributed by atoms with van der Waals surface area (Å²) >= 11 is 3.34. The maximum Gasteiger partial charge on any atom is 0.409 e. The Kier molecular flexibility index (Phi) is 5.37. The lowest BCUT2D eigenvalue weighted by molar-refractivity contribution is 0.0565. The highest BCUT2D eigenvalue weighted by molar-refractivity contribution is 9.10. The van der Waals surface area contributed by atoms with Gasteiger partial charge in [-0.15, -0.1) is 0 Å². The fourth-order valence-corrected chi connectivity index (χ4v) is 2.92. The average Bonchev–Trinajstić information content (AvgIpc) is 3.24. The first kappa shape index (κ1) is 17.5. The summed E-state index contributed by atoms with van der Waals surface area (Å²) in [5.41, 5.74) is 0.385. The van der Waals surface area contributed by atoms with Gasteiger partial charge in [0.25, 0.3) is 5.91 Å². The van der Waals surface area contributed by atoms with Crippen LogP contribution in [0.3, 0.4) is 0 Å². The van der Waals surface area contributed by atoms with E-state index in [1.165, 1.54) is 0 Å². The topological polar surface area (TPSA) is 85.5 Å². The average molecular weight is 411 g/mol. The van der Waals surface area contributed by atoms with Crippen molar-refractivity contribution in [1.29, 1.82) is 0 Å². The van der Waals surface area contributed by atoms with Gasteiger partial charge in [-0.25, -0.2) is 9.48 Å². The third kappa shape index (κ3) is 4.19. The van der Waals surface area contributed by atoms with Crippen LogP contribution < -0.4 is 0 Å². The van der Waals surface area contributed by atoms with Crippen molar-refractivity contribution in [3.63, 3.8) is 0 Å². The molecule has 25 heavy (non-hydrogen) atoms. The molecule has 1 aliphatic heterocycles. The molecule has 2 aromatic heterocycles. The Labute approximate surface area is 153 Å². The molecule has 2 aromatic rings. The van der Waals surface area contributed by atoms with Gasteiger partial charge in [0.15, 0.2) is 0 Å². The molecule has 10 heteroatoms. The van der Waals surface area contributed by atoms with E-state index in [9.17, 15) is 9.59 Å². The van der Waals surface area contributed by atoms with Gasteiger partial charge in [0, 0.05) is 38.6 Å². The molecule has 0 aromatic carbocycles. The quantitative estimate of drug-likeness (QED) is 0.757. The summed E-state index contributed by atoms with van der Waals surface area (Å²) in [6.07, 6.45) is 4.94. The van der Waals surface area contributed by atoms with Crippen molar-refractivity contribution in [2.45, 2.75) is 13.6 Å². The van der Waals surface area contributed by atoms with Crippen molar-refractivity contribution < 1.29 is 14.3 Å². The lowest BCUT2D eigenvalue weighted by Gasteiger charge is -2.33. The second-order valence-electron chi connectivity index (χ2n) is 5.56. The summed E-state index contributed by atoms with van der Waals surface area (Å²) in [6, 6.07) is 1.69. The molecule has 3 heterocycles. The van der Waals surface area contributed by atoms with E-state index in [0.29, 0.717) is 45.1 Å². The Bertz CT molecular complexity index is 750. The zero-order chi connectivity index (χ0) is 17.8. The summed E-state index contributed by atoms with van der Waals surface area (Å²) in [5.74, 6) is -0.135. The van der Waals surface area contributed by atoms with Gasteiger partial charge in [0.05, 0.1) is 17.3 Å². The number of hydrogen-bond acceptors (Lipinski definition) is 5. The van der Waals surface area contributed by atoms with E-state index < -0.39 is 0 Å². The monoisotopic (exact) mass is 410 g/mol. The molecule has 0 spiro atoms. The number of carbonyl (C=O) groups excluding carboxylic acids is 2. The van der Waals surface area contributed by atoms with Crippen molar-refractivity contribution >= 4 is 27.9 Å². The number of amides is 2. The highest BCUT2D eigenvalue weighted by Gasteiger charge is 2.26. The molecule has 134 valence electrons. The minimum atomic E-state index is -0.329. The number of nitrogens with zero attached hydrogens (tertiary/aromatic N) is 6. The first-order valence-corrected chi connectivity index (χ1v) is 8.78.